The molecule has 1 aromatic carbocycles. The molecule has 0 aliphatic rings. The van der Waals surface area contributed by atoms with Crippen molar-refractivity contribution in [1.29, 1.82) is 0 Å². The predicted octanol–water partition coefficient (Wildman–Crippen LogP) is 2.55. The van der Waals surface area contributed by atoms with Gasteiger partial charge in [-0.15, -0.1) is 5.10 Å². The maximum absolute atomic E-state index is 4.53. The SMILES string of the molecule is Cc1ccccc1-c1cnnc(NCCCn2cccn2)n1. The Kier molecular flexibility index (Phi) is 4.38. The average molecular weight is 294 g/mol. The highest BCUT2D eigenvalue weighted by molar-refractivity contribution is 5.63. The summed E-state index contributed by atoms with van der Waals surface area (Å²) in [7, 11) is 0. The van der Waals surface area contributed by atoms with E-state index in [1.165, 1.54) is 5.56 Å². The Hall–Kier alpha value is -2.76. The van der Waals surface area contributed by atoms with Gasteiger partial charge in [-0.05, 0) is 25.0 Å². The Balaban J connectivity index is 1.61. The average Bonchev–Trinajstić information content (AvgIpc) is 3.06. The molecule has 0 saturated heterocycles. The molecule has 0 spiro atoms. The third-order valence-electron chi connectivity index (χ3n) is 3.39. The first kappa shape index (κ1) is 14.2. The first-order valence-electron chi connectivity index (χ1n) is 7.30. The standard InChI is InChI=1S/C16H18N6/c1-13-6-2-3-7-14(13)15-12-18-21-16(20-15)17-8-4-10-22-11-5-9-19-22/h2-3,5-7,9,11-12H,4,8,10H2,1H3,(H,17,20,21). The van der Waals surface area contributed by atoms with E-state index >= 15 is 0 Å². The first-order valence-corrected chi connectivity index (χ1v) is 7.30. The lowest BCUT2D eigenvalue weighted by Crippen LogP contribution is -2.10. The van der Waals surface area contributed by atoms with Gasteiger partial charge in [-0.1, -0.05) is 24.3 Å². The number of nitrogens with one attached hydrogen (secondary N) is 1. The highest BCUT2D eigenvalue weighted by Crippen LogP contribution is 2.20. The van der Waals surface area contributed by atoms with Crippen molar-refractivity contribution in [1.82, 2.24) is 25.0 Å². The number of hydrogen-bond acceptors (Lipinski definition) is 5. The van der Waals surface area contributed by atoms with Gasteiger partial charge < -0.3 is 5.32 Å². The number of anilines is 1. The number of aryl methyl sites for hydroxylation is 2. The van der Waals surface area contributed by atoms with E-state index < -0.39 is 0 Å². The van der Waals surface area contributed by atoms with Crippen LogP contribution in [-0.4, -0.2) is 31.5 Å². The minimum Gasteiger partial charge on any atom is -0.353 e. The summed E-state index contributed by atoms with van der Waals surface area (Å²) in [6.07, 6.45) is 6.37. The topological polar surface area (TPSA) is 68.5 Å². The summed E-state index contributed by atoms with van der Waals surface area (Å²) in [5.41, 5.74) is 3.09. The van der Waals surface area contributed by atoms with Gasteiger partial charge in [0, 0.05) is 31.0 Å². The minimum atomic E-state index is 0.557. The summed E-state index contributed by atoms with van der Waals surface area (Å²) < 4.78 is 1.91. The molecule has 0 amide bonds. The molecule has 22 heavy (non-hydrogen) atoms. The highest BCUT2D eigenvalue weighted by atomic mass is 15.3. The van der Waals surface area contributed by atoms with Crippen molar-refractivity contribution >= 4 is 5.95 Å². The number of hydrogen-bond donors (Lipinski definition) is 1. The van der Waals surface area contributed by atoms with Gasteiger partial charge >= 0.3 is 0 Å². The van der Waals surface area contributed by atoms with Crippen molar-refractivity contribution in [2.75, 3.05) is 11.9 Å². The Morgan fingerprint density at radius 3 is 2.91 bits per heavy atom. The molecule has 0 saturated carbocycles. The van der Waals surface area contributed by atoms with Crippen LogP contribution < -0.4 is 5.32 Å². The molecule has 0 unspecified atom stereocenters. The van der Waals surface area contributed by atoms with Gasteiger partial charge in [-0.2, -0.15) is 10.2 Å². The Morgan fingerprint density at radius 1 is 1.18 bits per heavy atom. The molecule has 112 valence electrons. The maximum Gasteiger partial charge on any atom is 0.243 e. The Bertz CT molecular complexity index is 723. The number of aromatic nitrogens is 5. The van der Waals surface area contributed by atoms with Gasteiger partial charge in [0.05, 0.1) is 11.9 Å². The Labute approximate surface area is 129 Å². The molecule has 3 aromatic rings. The third-order valence-corrected chi connectivity index (χ3v) is 3.39. The van der Waals surface area contributed by atoms with Crippen molar-refractivity contribution in [2.45, 2.75) is 19.9 Å². The largest absolute Gasteiger partial charge is 0.353 e. The van der Waals surface area contributed by atoms with Crippen molar-refractivity contribution in [3.05, 3.63) is 54.5 Å². The van der Waals surface area contributed by atoms with Gasteiger partial charge in [-0.3, -0.25) is 4.68 Å². The zero-order valence-electron chi connectivity index (χ0n) is 12.5. The number of nitrogens with zero attached hydrogens (tertiary/aromatic N) is 5. The molecule has 1 N–H and O–H groups in total. The van der Waals surface area contributed by atoms with Crippen LogP contribution >= 0.6 is 0 Å². The highest BCUT2D eigenvalue weighted by Gasteiger charge is 2.05. The molecule has 3 rings (SSSR count). The van der Waals surface area contributed by atoms with E-state index in [0.717, 1.165) is 30.8 Å². The van der Waals surface area contributed by atoms with Crippen molar-refractivity contribution in [3.63, 3.8) is 0 Å². The van der Waals surface area contributed by atoms with Crippen LogP contribution in [-0.2, 0) is 6.54 Å². The summed E-state index contributed by atoms with van der Waals surface area (Å²) in [6, 6.07) is 10.0. The molecule has 6 nitrogen and oxygen atoms in total. The fraction of sp³-hybridized carbons (Fsp3) is 0.250. The van der Waals surface area contributed by atoms with Crippen LogP contribution in [0.2, 0.25) is 0 Å². The molecule has 0 atom stereocenters. The van der Waals surface area contributed by atoms with Gasteiger partial charge in [-0.25, -0.2) is 4.98 Å². The second kappa shape index (κ2) is 6.80. The van der Waals surface area contributed by atoms with Crippen LogP contribution in [0.5, 0.6) is 0 Å². The normalized spacial score (nSPS) is 10.6. The lowest BCUT2D eigenvalue weighted by molar-refractivity contribution is 0.590. The molecule has 6 heteroatoms. The zero-order chi connectivity index (χ0) is 15.2. The van der Waals surface area contributed by atoms with E-state index in [1.54, 1.807) is 12.4 Å². The molecular weight excluding hydrogens is 276 g/mol. The fourth-order valence-electron chi connectivity index (χ4n) is 2.24. The van der Waals surface area contributed by atoms with Crippen LogP contribution in [0.3, 0.4) is 0 Å². The summed E-state index contributed by atoms with van der Waals surface area (Å²) in [5, 5.41) is 15.5. The number of rotatable bonds is 6. The van der Waals surface area contributed by atoms with E-state index in [9.17, 15) is 0 Å². The Morgan fingerprint density at radius 2 is 2.09 bits per heavy atom. The lowest BCUT2D eigenvalue weighted by Gasteiger charge is -2.07. The van der Waals surface area contributed by atoms with E-state index in [-0.39, 0.29) is 0 Å². The predicted molar refractivity (Wildman–Crippen MR) is 85.3 cm³/mol. The van der Waals surface area contributed by atoms with E-state index in [2.05, 4.69) is 38.6 Å². The zero-order valence-corrected chi connectivity index (χ0v) is 12.5. The molecule has 2 heterocycles. The molecule has 0 bridgehead atoms. The van der Waals surface area contributed by atoms with Crippen molar-refractivity contribution in [3.8, 4) is 11.3 Å². The summed E-state index contributed by atoms with van der Waals surface area (Å²) >= 11 is 0. The van der Waals surface area contributed by atoms with Crippen LogP contribution in [0.4, 0.5) is 5.95 Å². The second-order valence-corrected chi connectivity index (χ2v) is 5.03. The molecular formula is C16H18N6. The van der Waals surface area contributed by atoms with E-state index in [1.807, 2.05) is 35.1 Å². The third kappa shape index (κ3) is 3.46. The van der Waals surface area contributed by atoms with Crippen LogP contribution in [0.1, 0.15) is 12.0 Å². The van der Waals surface area contributed by atoms with Crippen molar-refractivity contribution < 1.29 is 0 Å². The van der Waals surface area contributed by atoms with Crippen LogP contribution in [0.25, 0.3) is 11.3 Å². The van der Waals surface area contributed by atoms with Gasteiger partial charge in [0.2, 0.25) is 5.95 Å². The smallest absolute Gasteiger partial charge is 0.243 e. The maximum atomic E-state index is 4.53. The van der Waals surface area contributed by atoms with E-state index in [4.69, 9.17) is 0 Å². The molecule has 2 aromatic heterocycles. The lowest BCUT2D eigenvalue weighted by atomic mass is 10.1. The van der Waals surface area contributed by atoms with Crippen LogP contribution in [0, 0.1) is 6.92 Å². The quantitative estimate of drug-likeness (QED) is 0.708. The first-order chi connectivity index (χ1) is 10.8. The van der Waals surface area contributed by atoms with E-state index in [0.29, 0.717) is 5.95 Å². The molecule has 0 fully saturated rings. The fourth-order valence-corrected chi connectivity index (χ4v) is 2.24. The van der Waals surface area contributed by atoms with Gasteiger partial charge in [0.1, 0.15) is 0 Å². The monoisotopic (exact) mass is 294 g/mol. The molecule has 0 radical (unpaired) electrons. The summed E-state index contributed by atoms with van der Waals surface area (Å²) in [5.74, 6) is 0.557. The summed E-state index contributed by atoms with van der Waals surface area (Å²) in [6.45, 7) is 3.71. The number of benzene rings is 1. The molecule has 0 aliphatic heterocycles. The second-order valence-electron chi connectivity index (χ2n) is 5.03. The molecule has 0 aliphatic carbocycles. The summed E-state index contributed by atoms with van der Waals surface area (Å²) in [4.78, 5) is 4.53. The minimum absolute atomic E-state index is 0.557. The van der Waals surface area contributed by atoms with Gasteiger partial charge in [0.15, 0.2) is 0 Å². The van der Waals surface area contributed by atoms with Crippen molar-refractivity contribution in [2.24, 2.45) is 0 Å². The van der Waals surface area contributed by atoms with Gasteiger partial charge in [0.25, 0.3) is 0 Å². The van der Waals surface area contributed by atoms with Crippen LogP contribution in [0.15, 0.2) is 48.9 Å².